The van der Waals surface area contributed by atoms with Gasteiger partial charge in [-0.1, -0.05) is 0 Å². The van der Waals surface area contributed by atoms with E-state index in [2.05, 4.69) is 10.3 Å². The van der Waals surface area contributed by atoms with Crippen molar-refractivity contribution in [1.29, 1.82) is 0 Å². The Morgan fingerprint density at radius 3 is 2.51 bits per heavy atom. The zero-order chi connectivity index (χ0) is 27.9. The molecule has 0 radical (unpaired) electrons. The molecular weight excluding hydrogens is 517 g/mol. The minimum absolute atomic E-state index is 0.00478. The van der Waals surface area contributed by atoms with Crippen molar-refractivity contribution in [2.75, 3.05) is 32.8 Å². The maximum atomic E-state index is 14.0. The quantitative estimate of drug-likeness (QED) is 0.216. The molecule has 4 rings (SSSR count). The van der Waals surface area contributed by atoms with Crippen molar-refractivity contribution in [3.05, 3.63) is 82.8 Å². The van der Waals surface area contributed by atoms with E-state index in [9.17, 15) is 22.8 Å². The molecule has 3 N–H and O–H groups in total. The minimum atomic E-state index is -1.53. The Bertz CT molecular complexity index is 1330. The maximum Gasteiger partial charge on any atom is 0.262 e. The molecule has 3 aromatic rings. The van der Waals surface area contributed by atoms with Crippen LogP contribution in [0.5, 0.6) is 5.75 Å². The van der Waals surface area contributed by atoms with Gasteiger partial charge in [0, 0.05) is 37.0 Å². The van der Waals surface area contributed by atoms with Crippen LogP contribution in [0.1, 0.15) is 21.5 Å². The average Bonchev–Trinajstić information content (AvgIpc) is 2.97. The number of carbonyl (C=O) groups is 2. The first kappa shape index (κ1) is 28.0. The van der Waals surface area contributed by atoms with Gasteiger partial charge in [-0.3, -0.25) is 24.7 Å². The lowest BCUT2D eigenvalue weighted by Crippen LogP contribution is -2.55. The smallest absolute Gasteiger partial charge is 0.262 e. The largest absolute Gasteiger partial charge is 0.489 e. The van der Waals surface area contributed by atoms with Crippen LogP contribution in [0.3, 0.4) is 0 Å². The molecule has 1 fully saturated rings. The molecule has 0 bridgehead atoms. The number of hydroxylamine groups is 1. The Balaban J connectivity index is 1.36. The van der Waals surface area contributed by atoms with Gasteiger partial charge >= 0.3 is 0 Å². The number of hydrogen-bond acceptors (Lipinski definition) is 7. The molecular formula is C27H27F3N4O5. The van der Waals surface area contributed by atoms with Crippen LogP contribution in [0.4, 0.5) is 13.2 Å². The number of ether oxygens (including phenoxy) is 2. The van der Waals surface area contributed by atoms with Gasteiger partial charge in [0.2, 0.25) is 0 Å². The lowest BCUT2D eigenvalue weighted by Gasteiger charge is -2.33. The van der Waals surface area contributed by atoms with Crippen molar-refractivity contribution in [3.8, 4) is 17.0 Å². The first-order valence-electron chi connectivity index (χ1n) is 12.1. The number of amides is 2. The van der Waals surface area contributed by atoms with Crippen molar-refractivity contribution in [3.63, 3.8) is 0 Å². The first-order valence-corrected chi connectivity index (χ1v) is 12.1. The van der Waals surface area contributed by atoms with E-state index in [1.807, 2.05) is 4.90 Å². The Morgan fingerprint density at radius 2 is 1.82 bits per heavy atom. The maximum absolute atomic E-state index is 14.0. The molecule has 0 spiro atoms. The summed E-state index contributed by atoms with van der Waals surface area (Å²) in [6, 6.07) is 9.75. The second-order valence-corrected chi connectivity index (χ2v) is 8.87. The van der Waals surface area contributed by atoms with Crippen molar-refractivity contribution in [1.82, 2.24) is 20.7 Å². The predicted octanol–water partition coefficient (Wildman–Crippen LogP) is 2.99. The van der Waals surface area contributed by atoms with E-state index >= 15 is 0 Å². The second-order valence-electron chi connectivity index (χ2n) is 8.87. The Morgan fingerprint density at radius 1 is 1.10 bits per heavy atom. The van der Waals surface area contributed by atoms with Gasteiger partial charge in [-0.15, -0.1) is 0 Å². The average molecular weight is 545 g/mol. The van der Waals surface area contributed by atoms with Gasteiger partial charge in [0.05, 0.1) is 18.9 Å². The number of halogens is 3. The Hall–Kier alpha value is -4.00. The van der Waals surface area contributed by atoms with Crippen LogP contribution in [0.15, 0.2) is 48.7 Å². The Labute approximate surface area is 222 Å². The summed E-state index contributed by atoms with van der Waals surface area (Å²) in [5.41, 5.74) is 2.99. The molecule has 206 valence electrons. The van der Waals surface area contributed by atoms with E-state index in [1.165, 1.54) is 13.1 Å². The summed E-state index contributed by atoms with van der Waals surface area (Å²) < 4.78 is 52.3. The normalized spacial score (nSPS) is 14.5. The van der Waals surface area contributed by atoms with Gasteiger partial charge in [-0.2, -0.15) is 0 Å². The van der Waals surface area contributed by atoms with Gasteiger partial charge in [-0.25, -0.2) is 18.7 Å². The summed E-state index contributed by atoms with van der Waals surface area (Å²) >= 11 is 0. The van der Waals surface area contributed by atoms with Crippen LogP contribution in [0, 0.1) is 24.4 Å². The van der Waals surface area contributed by atoms with Crippen LogP contribution < -0.4 is 15.5 Å². The lowest BCUT2D eigenvalue weighted by molar-refractivity contribution is -0.136. The number of carbonyl (C=O) groups excluding carboxylic acids is 2. The molecule has 2 heterocycles. The monoisotopic (exact) mass is 544 g/mol. The fraction of sp³-hybridized carbons (Fsp3) is 0.296. The highest BCUT2D eigenvalue weighted by Gasteiger charge is 2.28. The summed E-state index contributed by atoms with van der Waals surface area (Å²) in [5, 5.41) is 11.8. The third-order valence-electron chi connectivity index (χ3n) is 6.38. The number of hydrogen-bond donors (Lipinski definition) is 3. The molecule has 2 aromatic carbocycles. The Kier molecular flexibility index (Phi) is 9.12. The van der Waals surface area contributed by atoms with E-state index < -0.39 is 35.3 Å². The van der Waals surface area contributed by atoms with Crippen molar-refractivity contribution >= 4 is 11.8 Å². The molecule has 1 saturated heterocycles. The van der Waals surface area contributed by atoms with Crippen LogP contribution in [-0.4, -0.2) is 65.8 Å². The third kappa shape index (κ3) is 6.72. The van der Waals surface area contributed by atoms with Crippen LogP contribution in [0.2, 0.25) is 0 Å². The van der Waals surface area contributed by atoms with Crippen LogP contribution in [-0.2, 0) is 16.1 Å². The highest BCUT2D eigenvalue weighted by molar-refractivity contribution is 5.94. The van der Waals surface area contributed by atoms with Crippen molar-refractivity contribution in [2.45, 2.75) is 19.6 Å². The molecule has 39 heavy (non-hydrogen) atoms. The fourth-order valence-electron chi connectivity index (χ4n) is 4.18. The highest BCUT2D eigenvalue weighted by atomic mass is 19.2. The molecule has 1 aliphatic heterocycles. The van der Waals surface area contributed by atoms with E-state index in [0.717, 1.165) is 6.07 Å². The number of aromatic nitrogens is 1. The van der Waals surface area contributed by atoms with Gasteiger partial charge in [0.15, 0.2) is 17.5 Å². The second kappa shape index (κ2) is 12.7. The van der Waals surface area contributed by atoms with E-state index in [0.29, 0.717) is 43.2 Å². The summed E-state index contributed by atoms with van der Waals surface area (Å²) in [6.07, 6.45) is 1.46. The molecule has 0 aliphatic carbocycles. The van der Waals surface area contributed by atoms with Gasteiger partial charge in [0.25, 0.3) is 11.8 Å². The zero-order valence-electron chi connectivity index (χ0n) is 21.0. The number of rotatable bonds is 9. The van der Waals surface area contributed by atoms with Gasteiger partial charge in [-0.05, 0) is 60.5 Å². The van der Waals surface area contributed by atoms with Crippen molar-refractivity contribution in [2.24, 2.45) is 0 Å². The number of benzene rings is 2. The number of nitrogens with one attached hydrogen (secondary N) is 2. The van der Waals surface area contributed by atoms with E-state index in [1.54, 1.807) is 41.9 Å². The molecule has 9 nitrogen and oxygen atoms in total. The third-order valence-corrected chi connectivity index (χ3v) is 6.38. The summed E-state index contributed by atoms with van der Waals surface area (Å²) in [7, 11) is 0. The zero-order valence-corrected chi connectivity index (χ0v) is 21.0. The lowest BCUT2D eigenvalue weighted by atomic mass is 10.0. The molecule has 1 unspecified atom stereocenters. The fourth-order valence-corrected chi connectivity index (χ4v) is 4.18. The first-order chi connectivity index (χ1) is 18.8. The topological polar surface area (TPSA) is 113 Å². The predicted molar refractivity (Wildman–Crippen MR) is 134 cm³/mol. The highest BCUT2D eigenvalue weighted by Crippen LogP contribution is 2.28. The number of nitrogens with zero attached hydrogens (tertiary/aromatic N) is 2. The van der Waals surface area contributed by atoms with E-state index in [4.69, 9.17) is 14.7 Å². The van der Waals surface area contributed by atoms with Crippen LogP contribution >= 0.6 is 0 Å². The van der Waals surface area contributed by atoms with E-state index in [-0.39, 0.29) is 30.0 Å². The number of morpholine rings is 1. The summed E-state index contributed by atoms with van der Waals surface area (Å²) in [5.74, 6) is -4.64. The van der Waals surface area contributed by atoms with Gasteiger partial charge in [0.1, 0.15) is 18.4 Å². The summed E-state index contributed by atoms with van der Waals surface area (Å²) in [4.78, 5) is 30.7. The minimum Gasteiger partial charge on any atom is -0.489 e. The molecule has 1 aliphatic rings. The van der Waals surface area contributed by atoms with Gasteiger partial charge < -0.3 is 14.8 Å². The van der Waals surface area contributed by atoms with Crippen molar-refractivity contribution < 1.29 is 37.4 Å². The standard InChI is InChI=1S/C27H27F3N4O5/c1-16-20(13-21(28)25(30)24(16)29)22-12-17(6-7-31-22)15-39-19-4-2-18(3-5-19)26(35)32-14-23(27(36)33-37)34-8-10-38-11-9-34/h2-7,12-13,23,37H,8-11,14-15H2,1H3,(H,32,35)(H,33,36). The molecule has 0 saturated carbocycles. The molecule has 12 heteroatoms. The molecule has 2 amide bonds. The van der Waals surface area contributed by atoms with Crippen LogP contribution in [0.25, 0.3) is 11.3 Å². The number of pyridine rings is 1. The summed E-state index contributed by atoms with van der Waals surface area (Å²) in [6.45, 7) is 3.34. The molecule has 1 atom stereocenters. The SMILES string of the molecule is Cc1c(-c2cc(COc3ccc(C(=O)NCC(C(=O)NO)N4CCOCC4)cc3)ccn2)cc(F)c(F)c1F. The molecule has 1 aromatic heterocycles.